The van der Waals surface area contributed by atoms with Crippen molar-refractivity contribution in [3.05, 3.63) is 46.0 Å². The van der Waals surface area contributed by atoms with Crippen LogP contribution in [-0.2, 0) is 10.0 Å². The second-order valence-electron chi connectivity index (χ2n) is 6.78. The van der Waals surface area contributed by atoms with Crippen LogP contribution in [0.3, 0.4) is 0 Å². The van der Waals surface area contributed by atoms with Gasteiger partial charge in [-0.25, -0.2) is 18.4 Å². The van der Waals surface area contributed by atoms with Gasteiger partial charge in [0.05, 0.1) is 27.4 Å². The molecule has 0 amide bonds. The van der Waals surface area contributed by atoms with E-state index in [-0.39, 0.29) is 11.6 Å². The van der Waals surface area contributed by atoms with E-state index in [9.17, 15) is 8.42 Å². The highest BCUT2D eigenvalue weighted by Gasteiger charge is 2.30. The fourth-order valence-corrected chi connectivity index (χ4v) is 4.37. The molecule has 0 bridgehead atoms. The highest BCUT2D eigenvalue weighted by Crippen LogP contribution is 2.48. The Hall–Kier alpha value is -3.03. The van der Waals surface area contributed by atoms with Crippen LogP contribution in [0.25, 0.3) is 11.3 Å². The molecule has 3 aromatic heterocycles. The molecule has 0 aliphatic heterocycles. The summed E-state index contributed by atoms with van der Waals surface area (Å²) in [7, 11) is -3.53. The lowest BCUT2D eigenvalue weighted by Crippen LogP contribution is -2.11. The molecule has 1 aliphatic carbocycles. The minimum absolute atomic E-state index is 0.0995. The number of hydrogen-bond acceptors (Lipinski definition) is 8. The summed E-state index contributed by atoms with van der Waals surface area (Å²) in [5.41, 5.74) is 1.74. The van der Waals surface area contributed by atoms with Crippen LogP contribution in [-0.4, -0.2) is 29.6 Å². The first-order valence-corrected chi connectivity index (χ1v) is 11.5. The molecule has 1 fully saturated rings. The van der Waals surface area contributed by atoms with Crippen LogP contribution in [0.5, 0.6) is 11.8 Å². The number of pyridine rings is 2. The highest BCUT2D eigenvalue weighted by molar-refractivity contribution is 7.92. The molecular formula is C19H17N5O3S2. The molecule has 1 N–H and O–H groups in total. The molecule has 3 aromatic rings. The van der Waals surface area contributed by atoms with Crippen molar-refractivity contribution in [2.75, 3.05) is 11.0 Å². The first kappa shape index (κ1) is 19.3. The number of rotatable bonds is 6. The zero-order valence-electron chi connectivity index (χ0n) is 15.7. The van der Waals surface area contributed by atoms with Gasteiger partial charge in [0.15, 0.2) is 0 Å². The minimum atomic E-state index is -3.53. The predicted octanol–water partition coefficient (Wildman–Crippen LogP) is 3.82. The van der Waals surface area contributed by atoms with Crippen molar-refractivity contribution in [1.29, 1.82) is 5.26 Å². The molecule has 0 radical (unpaired) electrons. The SMILES string of the molecule is Cc1nc(Oc2nc(-c3cncc(C#N)c3)ccc2NS(C)(=O)=O)c(C2CC2)s1. The maximum Gasteiger partial charge on any atom is 0.246 e. The molecule has 0 aromatic carbocycles. The van der Waals surface area contributed by atoms with Crippen molar-refractivity contribution < 1.29 is 13.2 Å². The smallest absolute Gasteiger partial charge is 0.246 e. The molecule has 1 aliphatic rings. The summed E-state index contributed by atoms with van der Waals surface area (Å²) < 4.78 is 32.0. The molecule has 0 spiro atoms. The van der Waals surface area contributed by atoms with Crippen LogP contribution in [0.15, 0.2) is 30.6 Å². The molecule has 10 heteroatoms. The van der Waals surface area contributed by atoms with E-state index < -0.39 is 10.0 Å². The first-order valence-electron chi connectivity index (χ1n) is 8.82. The van der Waals surface area contributed by atoms with Gasteiger partial charge in [-0.05, 0) is 43.9 Å². The molecule has 29 heavy (non-hydrogen) atoms. The number of nitriles is 1. The van der Waals surface area contributed by atoms with E-state index >= 15 is 0 Å². The van der Waals surface area contributed by atoms with E-state index in [0.29, 0.717) is 28.6 Å². The minimum Gasteiger partial charge on any atom is -0.417 e. The van der Waals surface area contributed by atoms with Crippen LogP contribution in [0, 0.1) is 18.3 Å². The van der Waals surface area contributed by atoms with Gasteiger partial charge in [-0.1, -0.05) is 0 Å². The van der Waals surface area contributed by atoms with Crippen LogP contribution in [0.1, 0.15) is 34.2 Å². The number of aryl methyl sites for hydroxylation is 1. The summed E-state index contributed by atoms with van der Waals surface area (Å²) in [5, 5.41) is 9.98. The van der Waals surface area contributed by atoms with Crippen LogP contribution in [0.4, 0.5) is 5.69 Å². The number of thiazole rings is 1. The van der Waals surface area contributed by atoms with Crippen LogP contribution < -0.4 is 9.46 Å². The van der Waals surface area contributed by atoms with E-state index in [2.05, 4.69) is 19.7 Å². The normalized spacial score (nSPS) is 13.7. The van der Waals surface area contributed by atoms with Crippen molar-refractivity contribution >= 4 is 27.0 Å². The van der Waals surface area contributed by atoms with Gasteiger partial charge >= 0.3 is 0 Å². The second-order valence-corrected chi connectivity index (χ2v) is 9.76. The van der Waals surface area contributed by atoms with E-state index in [1.807, 2.05) is 13.0 Å². The molecule has 3 heterocycles. The Balaban J connectivity index is 1.77. The lowest BCUT2D eigenvalue weighted by atomic mass is 10.1. The molecule has 0 unspecified atom stereocenters. The van der Waals surface area contributed by atoms with Gasteiger partial charge in [0.2, 0.25) is 21.8 Å². The van der Waals surface area contributed by atoms with Gasteiger partial charge in [-0.15, -0.1) is 11.3 Å². The quantitative estimate of drug-likeness (QED) is 0.635. The number of ether oxygens (including phenoxy) is 1. The Morgan fingerprint density at radius 2 is 2.03 bits per heavy atom. The number of sulfonamides is 1. The molecule has 148 valence electrons. The molecular weight excluding hydrogens is 410 g/mol. The van der Waals surface area contributed by atoms with E-state index in [0.717, 1.165) is 29.0 Å². The number of nitrogens with zero attached hydrogens (tertiary/aromatic N) is 4. The van der Waals surface area contributed by atoms with E-state index in [1.54, 1.807) is 35.7 Å². The van der Waals surface area contributed by atoms with Gasteiger partial charge in [-0.2, -0.15) is 5.26 Å². The number of anilines is 1. The largest absolute Gasteiger partial charge is 0.417 e. The Labute approximate surface area is 172 Å². The average Bonchev–Trinajstić information content (AvgIpc) is 3.45. The summed E-state index contributed by atoms with van der Waals surface area (Å²) in [6, 6.07) is 6.92. The Morgan fingerprint density at radius 3 is 2.72 bits per heavy atom. The standard InChI is InChI=1S/C19H17N5O3S2/c1-11-22-19(17(28-11)13-3-4-13)27-18-16(24-29(2,25)26)6-5-15(23-18)14-7-12(8-20)9-21-10-14/h5-7,9-10,13,24H,3-4H2,1-2H3. The highest BCUT2D eigenvalue weighted by atomic mass is 32.2. The second kappa shape index (κ2) is 7.42. The summed E-state index contributed by atoms with van der Waals surface area (Å²) >= 11 is 1.58. The monoisotopic (exact) mass is 427 g/mol. The maximum atomic E-state index is 11.8. The van der Waals surface area contributed by atoms with Gasteiger partial charge in [0.25, 0.3) is 0 Å². The van der Waals surface area contributed by atoms with Gasteiger partial charge in [-0.3, -0.25) is 9.71 Å². The number of nitrogens with one attached hydrogen (secondary N) is 1. The van der Waals surface area contributed by atoms with Gasteiger partial charge in [0.1, 0.15) is 11.8 Å². The molecule has 1 saturated carbocycles. The van der Waals surface area contributed by atoms with E-state index in [4.69, 9.17) is 10.00 Å². The average molecular weight is 428 g/mol. The summed E-state index contributed by atoms with van der Waals surface area (Å²) in [6.07, 6.45) is 6.28. The van der Waals surface area contributed by atoms with Crippen molar-refractivity contribution in [3.8, 4) is 29.1 Å². The fourth-order valence-electron chi connectivity index (χ4n) is 2.79. The van der Waals surface area contributed by atoms with Gasteiger partial charge < -0.3 is 4.74 Å². The van der Waals surface area contributed by atoms with Crippen molar-refractivity contribution in [3.63, 3.8) is 0 Å². The fraction of sp³-hybridized carbons (Fsp3) is 0.263. The third-order valence-corrected chi connectivity index (χ3v) is 5.89. The Morgan fingerprint density at radius 1 is 1.24 bits per heavy atom. The molecule has 0 saturated heterocycles. The molecule has 8 nitrogen and oxygen atoms in total. The van der Waals surface area contributed by atoms with Gasteiger partial charge in [0, 0.05) is 18.0 Å². The van der Waals surface area contributed by atoms with E-state index in [1.165, 1.54) is 6.20 Å². The topological polar surface area (TPSA) is 118 Å². The lowest BCUT2D eigenvalue weighted by molar-refractivity contribution is 0.445. The molecule has 0 atom stereocenters. The maximum absolute atomic E-state index is 11.8. The molecule has 4 rings (SSSR count). The third kappa shape index (κ3) is 4.52. The Kier molecular flexibility index (Phi) is 4.94. The first-order chi connectivity index (χ1) is 13.8. The zero-order valence-corrected chi connectivity index (χ0v) is 17.3. The Bertz CT molecular complexity index is 1230. The van der Waals surface area contributed by atoms with Crippen LogP contribution in [0.2, 0.25) is 0 Å². The third-order valence-electron chi connectivity index (χ3n) is 4.19. The van der Waals surface area contributed by atoms with Crippen LogP contribution >= 0.6 is 11.3 Å². The number of aromatic nitrogens is 3. The predicted molar refractivity (Wildman–Crippen MR) is 110 cm³/mol. The van der Waals surface area contributed by atoms with Crippen molar-refractivity contribution in [2.24, 2.45) is 0 Å². The summed E-state index contributed by atoms with van der Waals surface area (Å²) in [6.45, 7) is 1.90. The lowest BCUT2D eigenvalue weighted by Gasteiger charge is -2.12. The summed E-state index contributed by atoms with van der Waals surface area (Å²) in [4.78, 5) is 14.1. The van der Waals surface area contributed by atoms with Crippen molar-refractivity contribution in [1.82, 2.24) is 15.0 Å². The zero-order chi connectivity index (χ0) is 20.6. The van der Waals surface area contributed by atoms with Crippen molar-refractivity contribution in [2.45, 2.75) is 25.7 Å². The number of hydrogen-bond donors (Lipinski definition) is 1. The summed E-state index contributed by atoms with van der Waals surface area (Å²) in [5.74, 6) is 0.991.